The number of imide groups is 1. The zero-order valence-corrected chi connectivity index (χ0v) is 16.9. The number of carbonyl (C=O) groups is 3. The molecule has 2 aliphatic heterocycles. The third-order valence-corrected chi connectivity index (χ3v) is 5.67. The molecule has 1 N–H and O–H groups in total. The van der Waals surface area contributed by atoms with Gasteiger partial charge in [-0.15, -0.1) is 0 Å². The summed E-state index contributed by atoms with van der Waals surface area (Å²) in [5, 5.41) is 2.78. The monoisotopic (exact) mass is 450 g/mol. The molecule has 0 aliphatic carbocycles. The van der Waals surface area contributed by atoms with Crippen molar-refractivity contribution in [3.05, 3.63) is 56.9 Å². The van der Waals surface area contributed by atoms with Gasteiger partial charge in [0.2, 0.25) is 12.7 Å². The lowest BCUT2D eigenvalue weighted by atomic mass is 10.2. The molecule has 148 valence electrons. The summed E-state index contributed by atoms with van der Waals surface area (Å²) in [6, 6.07) is 9.83. The average Bonchev–Trinajstić information content (AvgIpc) is 3.24. The molecule has 0 unspecified atom stereocenters. The molecule has 0 atom stereocenters. The van der Waals surface area contributed by atoms with Crippen LogP contribution in [0.2, 0.25) is 10.0 Å². The molecule has 10 heteroatoms. The lowest BCUT2D eigenvalue weighted by Crippen LogP contribution is -2.36. The van der Waals surface area contributed by atoms with Gasteiger partial charge in [0, 0.05) is 27.4 Å². The Morgan fingerprint density at radius 1 is 1.14 bits per heavy atom. The van der Waals surface area contributed by atoms with E-state index in [-0.39, 0.29) is 11.7 Å². The molecule has 1 fully saturated rings. The van der Waals surface area contributed by atoms with E-state index in [4.69, 9.17) is 32.7 Å². The van der Waals surface area contributed by atoms with Crippen molar-refractivity contribution in [2.24, 2.45) is 0 Å². The first-order valence-electron chi connectivity index (χ1n) is 8.31. The van der Waals surface area contributed by atoms with Crippen LogP contribution in [-0.2, 0) is 9.59 Å². The summed E-state index contributed by atoms with van der Waals surface area (Å²) in [6.45, 7) is -0.308. The molecule has 7 nitrogen and oxygen atoms in total. The Morgan fingerprint density at radius 2 is 1.86 bits per heavy atom. The number of fused-ring (bicyclic) bond motifs is 1. The number of benzene rings is 2. The Kier molecular flexibility index (Phi) is 5.40. The second-order valence-electron chi connectivity index (χ2n) is 6.02. The first kappa shape index (κ1) is 19.6. The molecule has 4 rings (SSSR count). The number of halogens is 2. The molecule has 2 aliphatic rings. The van der Waals surface area contributed by atoms with E-state index < -0.39 is 23.6 Å². The number of rotatable bonds is 4. The molecular formula is C19H12Cl2N2O5S. The largest absolute Gasteiger partial charge is 0.454 e. The second-order valence-corrected chi connectivity index (χ2v) is 7.83. The summed E-state index contributed by atoms with van der Waals surface area (Å²) in [6.07, 6.45) is 1.45. The van der Waals surface area contributed by atoms with Crippen molar-refractivity contribution in [3.8, 4) is 11.5 Å². The maximum Gasteiger partial charge on any atom is 0.294 e. The van der Waals surface area contributed by atoms with Gasteiger partial charge in [-0.1, -0.05) is 29.3 Å². The quantitative estimate of drug-likeness (QED) is 0.694. The van der Waals surface area contributed by atoms with E-state index in [0.29, 0.717) is 32.8 Å². The van der Waals surface area contributed by atoms with Crippen LogP contribution in [0.3, 0.4) is 0 Å². The van der Waals surface area contributed by atoms with Gasteiger partial charge in [-0.2, -0.15) is 0 Å². The minimum Gasteiger partial charge on any atom is -0.454 e. The molecule has 3 amide bonds. The molecule has 0 bridgehead atoms. The van der Waals surface area contributed by atoms with E-state index in [0.717, 1.165) is 16.7 Å². The van der Waals surface area contributed by atoms with Crippen molar-refractivity contribution in [3.63, 3.8) is 0 Å². The van der Waals surface area contributed by atoms with Crippen LogP contribution in [0.1, 0.15) is 5.56 Å². The maximum absolute atomic E-state index is 12.6. The Morgan fingerprint density at radius 3 is 2.62 bits per heavy atom. The number of nitrogens with one attached hydrogen (secondary N) is 1. The first-order valence-corrected chi connectivity index (χ1v) is 9.88. The average molecular weight is 451 g/mol. The fourth-order valence-electron chi connectivity index (χ4n) is 2.73. The third-order valence-electron chi connectivity index (χ3n) is 4.11. The Balaban J connectivity index is 1.46. The van der Waals surface area contributed by atoms with Crippen LogP contribution < -0.4 is 14.8 Å². The lowest BCUT2D eigenvalue weighted by molar-refractivity contribution is -0.127. The highest BCUT2D eigenvalue weighted by Gasteiger charge is 2.36. The van der Waals surface area contributed by atoms with Crippen molar-refractivity contribution in [1.82, 2.24) is 4.90 Å². The highest BCUT2D eigenvalue weighted by molar-refractivity contribution is 8.18. The predicted octanol–water partition coefficient (Wildman–Crippen LogP) is 4.40. The number of hydrogen-bond donors (Lipinski definition) is 1. The number of amides is 3. The van der Waals surface area contributed by atoms with Crippen molar-refractivity contribution < 1.29 is 23.9 Å². The van der Waals surface area contributed by atoms with Crippen molar-refractivity contribution in [2.45, 2.75) is 0 Å². The van der Waals surface area contributed by atoms with Crippen molar-refractivity contribution in [2.75, 3.05) is 18.7 Å². The highest BCUT2D eigenvalue weighted by atomic mass is 35.5. The third kappa shape index (κ3) is 4.05. The van der Waals surface area contributed by atoms with Gasteiger partial charge in [0.05, 0.1) is 4.91 Å². The SMILES string of the molecule is O=C(CN1C(=O)S/C(=C/c2c(Cl)cccc2Cl)C1=O)Nc1ccc2c(c1)OCO2. The summed E-state index contributed by atoms with van der Waals surface area (Å²) in [4.78, 5) is 38.2. The first-order chi connectivity index (χ1) is 13.9. The van der Waals surface area contributed by atoms with Gasteiger partial charge in [-0.25, -0.2) is 0 Å². The van der Waals surface area contributed by atoms with E-state index in [2.05, 4.69) is 5.32 Å². The number of thioether (sulfide) groups is 1. The number of carbonyl (C=O) groups excluding carboxylic acids is 3. The van der Waals surface area contributed by atoms with Crippen molar-refractivity contribution >= 4 is 63.8 Å². The van der Waals surface area contributed by atoms with Gasteiger partial charge in [0.25, 0.3) is 11.1 Å². The molecular weight excluding hydrogens is 439 g/mol. The summed E-state index contributed by atoms with van der Waals surface area (Å²) in [5.41, 5.74) is 0.899. The fraction of sp³-hybridized carbons (Fsp3) is 0.105. The van der Waals surface area contributed by atoms with E-state index >= 15 is 0 Å². The van der Waals surface area contributed by atoms with Gasteiger partial charge < -0.3 is 14.8 Å². The van der Waals surface area contributed by atoms with E-state index in [1.165, 1.54) is 6.08 Å². The molecule has 0 spiro atoms. The molecule has 2 heterocycles. The van der Waals surface area contributed by atoms with E-state index in [1.807, 2.05) is 0 Å². The standard InChI is InChI=1S/C19H12Cl2N2O5S/c20-12-2-1-3-13(21)11(12)7-16-18(25)23(19(26)29-16)8-17(24)22-10-4-5-14-15(6-10)28-9-27-14/h1-7H,8-9H2,(H,22,24)/b16-7+. The summed E-state index contributed by atoms with van der Waals surface area (Å²) >= 11 is 12.9. The smallest absolute Gasteiger partial charge is 0.294 e. The molecule has 29 heavy (non-hydrogen) atoms. The summed E-state index contributed by atoms with van der Waals surface area (Å²) in [5.74, 6) is -0.0224. The fourth-order valence-corrected chi connectivity index (χ4v) is 4.06. The van der Waals surface area contributed by atoms with Crippen LogP contribution in [-0.4, -0.2) is 35.3 Å². The molecule has 0 saturated carbocycles. The van der Waals surface area contributed by atoms with Gasteiger partial charge in [0.15, 0.2) is 11.5 Å². The van der Waals surface area contributed by atoms with Crippen LogP contribution in [0.5, 0.6) is 11.5 Å². The Hall–Kier alpha value is -2.68. The van der Waals surface area contributed by atoms with E-state index in [9.17, 15) is 14.4 Å². The molecule has 0 aromatic heterocycles. The Bertz CT molecular complexity index is 1050. The Labute approximate surface area is 179 Å². The molecule has 2 aromatic carbocycles. The zero-order valence-electron chi connectivity index (χ0n) is 14.6. The number of ether oxygens (including phenoxy) is 2. The maximum atomic E-state index is 12.6. The van der Waals surface area contributed by atoms with Gasteiger partial charge in [-0.3, -0.25) is 19.3 Å². The second kappa shape index (κ2) is 7.98. The number of nitrogens with zero attached hydrogens (tertiary/aromatic N) is 1. The zero-order chi connectivity index (χ0) is 20.5. The highest BCUT2D eigenvalue weighted by Crippen LogP contribution is 2.36. The van der Waals surface area contributed by atoms with Gasteiger partial charge >= 0.3 is 0 Å². The topological polar surface area (TPSA) is 84.9 Å². The molecule has 2 aromatic rings. The van der Waals surface area contributed by atoms with Crippen molar-refractivity contribution in [1.29, 1.82) is 0 Å². The number of hydrogen-bond acceptors (Lipinski definition) is 6. The molecule has 1 saturated heterocycles. The summed E-state index contributed by atoms with van der Waals surface area (Å²) < 4.78 is 10.5. The lowest BCUT2D eigenvalue weighted by Gasteiger charge is -2.12. The minimum absolute atomic E-state index is 0.116. The normalized spacial score (nSPS) is 16.6. The van der Waals surface area contributed by atoms with Crippen LogP contribution >= 0.6 is 35.0 Å². The van der Waals surface area contributed by atoms with Gasteiger partial charge in [0.1, 0.15) is 6.54 Å². The van der Waals surface area contributed by atoms with Gasteiger partial charge in [-0.05, 0) is 42.1 Å². The molecule has 0 radical (unpaired) electrons. The minimum atomic E-state index is -0.586. The van der Waals surface area contributed by atoms with Crippen LogP contribution in [0.15, 0.2) is 41.3 Å². The summed E-state index contributed by atoms with van der Waals surface area (Å²) in [7, 11) is 0. The van der Waals surface area contributed by atoms with Crippen LogP contribution in [0, 0.1) is 0 Å². The number of anilines is 1. The van der Waals surface area contributed by atoms with E-state index in [1.54, 1.807) is 36.4 Å². The predicted molar refractivity (Wildman–Crippen MR) is 110 cm³/mol. The van der Waals surface area contributed by atoms with Crippen LogP contribution in [0.25, 0.3) is 6.08 Å². The van der Waals surface area contributed by atoms with Crippen LogP contribution in [0.4, 0.5) is 10.5 Å².